The fourth-order valence-electron chi connectivity index (χ4n) is 3.92. The van der Waals surface area contributed by atoms with E-state index in [1.807, 2.05) is 66.7 Å². The molecule has 0 unspecified atom stereocenters. The molecule has 5 nitrogen and oxygen atoms in total. The molecule has 0 radical (unpaired) electrons. The summed E-state index contributed by atoms with van der Waals surface area (Å²) >= 11 is 0. The maximum atomic E-state index is 12.9. The number of hydrogen-bond acceptors (Lipinski definition) is 3. The normalized spacial score (nSPS) is 14.1. The number of nitrogens with one attached hydrogen (secondary N) is 2. The molecule has 158 valence electrons. The summed E-state index contributed by atoms with van der Waals surface area (Å²) in [4.78, 5) is 27.9. The van der Waals surface area contributed by atoms with Crippen molar-refractivity contribution in [3.63, 3.8) is 0 Å². The number of anilines is 2. The number of amides is 2. The fourth-order valence-corrected chi connectivity index (χ4v) is 3.92. The molecule has 1 aliphatic rings. The van der Waals surface area contributed by atoms with Gasteiger partial charge in [0.05, 0.1) is 12.5 Å². The van der Waals surface area contributed by atoms with Gasteiger partial charge in [-0.2, -0.15) is 0 Å². The molecule has 3 aromatic rings. The van der Waals surface area contributed by atoms with E-state index in [4.69, 9.17) is 0 Å². The third kappa shape index (κ3) is 5.51. The molecule has 0 aromatic heterocycles. The summed E-state index contributed by atoms with van der Waals surface area (Å²) in [5, 5.41) is 6.02. The van der Waals surface area contributed by atoms with Gasteiger partial charge >= 0.3 is 0 Å². The van der Waals surface area contributed by atoms with Crippen LogP contribution >= 0.6 is 0 Å². The Labute approximate surface area is 183 Å². The zero-order chi connectivity index (χ0) is 21.5. The minimum atomic E-state index is -0.421. The van der Waals surface area contributed by atoms with Crippen molar-refractivity contribution >= 4 is 23.2 Å². The molecule has 1 fully saturated rings. The number of benzene rings is 3. The van der Waals surface area contributed by atoms with Gasteiger partial charge in [-0.1, -0.05) is 54.6 Å². The summed E-state index contributed by atoms with van der Waals surface area (Å²) < 4.78 is 0. The van der Waals surface area contributed by atoms with E-state index in [1.54, 1.807) is 12.1 Å². The lowest BCUT2D eigenvalue weighted by atomic mass is 10.0. The highest BCUT2D eigenvalue weighted by Crippen LogP contribution is 2.24. The topological polar surface area (TPSA) is 61.4 Å². The van der Waals surface area contributed by atoms with Gasteiger partial charge in [-0.25, -0.2) is 0 Å². The highest BCUT2D eigenvalue weighted by molar-refractivity contribution is 5.96. The number of hydrogen-bond donors (Lipinski definition) is 2. The second kappa shape index (κ2) is 9.94. The molecular weight excluding hydrogens is 386 g/mol. The zero-order valence-electron chi connectivity index (χ0n) is 17.5. The first-order valence-electron chi connectivity index (χ1n) is 10.7. The van der Waals surface area contributed by atoms with Crippen molar-refractivity contribution in [2.45, 2.75) is 25.3 Å². The smallest absolute Gasteiger partial charge is 0.251 e. The van der Waals surface area contributed by atoms with Gasteiger partial charge in [-0.15, -0.1) is 0 Å². The second-order valence-electron chi connectivity index (χ2n) is 7.80. The van der Waals surface area contributed by atoms with Crippen molar-refractivity contribution in [3.8, 4) is 0 Å². The Balaban J connectivity index is 1.46. The highest BCUT2D eigenvalue weighted by Gasteiger charge is 2.20. The molecular formula is C26H27N3O2. The van der Waals surface area contributed by atoms with Crippen molar-refractivity contribution in [2.24, 2.45) is 0 Å². The number of carbonyl (C=O) groups excluding carboxylic acids is 2. The quantitative estimate of drug-likeness (QED) is 0.586. The molecule has 2 N–H and O–H groups in total. The van der Waals surface area contributed by atoms with Gasteiger partial charge in [0, 0.05) is 30.0 Å². The van der Waals surface area contributed by atoms with Crippen LogP contribution in [-0.4, -0.2) is 24.9 Å². The van der Waals surface area contributed by atoms with Crippen LogP contribution < -0.4 is 15.5 Å². The van der Waals surface area contributed by atoms with E-state index in [0.29, 0.717) is 5.56 Å². The summed E-state index contributed by atoms with van der Waals surface area (Å²) in [6, 6.07) is 26.2. The average Bonchev–Trinajstić information content (AvgIpc) is 3.35. The molecule has 2 amide bonds. The van der Waals surface area contributed by atoms with Crippen molar-refractivity contribution in [3.05, 3.63) is 96.1 Å². The Hall–Kier alpha value is -3.60. The minimum Gasteiger partial charge on any atom is -0.371 e. The maximum absolute atomic E-state index is 12.9. The van der Waals surface area contributed by atoms with E-state index in [-0.39, 0.29) is 18.2 Å². The van der Waals surface area contributed by atoms with E-state index in [9.17, 15) is 9.59 Å². The lowest BCUT2D eigenvalue weighted by molar-refractivity contribution is -0.116. The Kier molecular flexibility index (Phi) is 6.62. The van der Waals surface area contributed by atoms with Gasteiger partial charge in [-0.05, 0) is 48.7 Å². The van der Waals surface area contributed by atoms with Crippen LogP contribution in [0, 0.1) is 0 Å². The first kappa shape index (κ1) is 20.7. The van der Waals surface area contributed by atoms with Gasteiger partial charge in [0.1, 0.15) is 0 Å². The number of nitrogens with zero attached hydrogens (tertiary/aromatic N) is 1. The Morgan fingerprint density at radius 3 is 2.23 bits per heavy atom. The van der Waals surface area contributed by atoms with E-state index in [0.717, 1.165) is 30.0 Å². The van der Waals surface area contributed by atoms with E-state index in [1.165, 1.54) is 12.8 Å². The summed E-state index contributed by atoms with van der Waals surface area (Å²) in [6.45, 7) is 2.11. The first-order chi connectivity index (χ1) is 15.2. The van der Waals surface area contributed by atoms with Crippen LogP contribution in [0.5, 0.6) is 0 Å². The lowest BCUT2D eigenvalue weighted by Crippen LogP contribution is -2.31. The predicted octanol–water partition coefficient (Wildman–Crippen LogP) is 4.79. The maximum Gasteiger partial charge on any atom is 0.251 e. The molecule has 0 saturated carbocycles. The predicted molar refractivity (Wildman–Crippen MR) is 124 cm³/mol. The number of rotatable bonds is 7. The van der Waals surface area contributed by atoms with Crippen LogP contribution in [0.1, 0.15) is 41.2 Å². The molecule has 0 bridgehead atoms. The summed E-state index contributed by atoms with van der Waals surface area (Å²) in [5.41, 5.74) is 3.37. The van der Waals surface area contributed by atoms with Gasteiger partial charge < -0.3 is 15.5 Å². The van der Waals surface area contributed by atoms with Crippen LogP contribution in [0.4, 0.5) is 11.4 Å². The zero-order valence-corrected chi connectivity index (χ0v) is 17.5. The van der Waals surface area contributed by atoms with Crippen molar-refractivity contribution in [1.29, 1.82) is 0 Å². The van der Waals surface area contributed by atoms with Crippen molar-refractivity contribution < 1.29 is 9.59 Å². The standard InChI is InChI=1S/C26H27N3O2/c30-25(27-22-14-9-15-23(18-22)29-16-7-8-17-29)19-24(20-10-3-1-4-11-20)28-26(31)21-12-5-2-6-13-21/h1-6,9-15,18,24H,7-8,16-17,19H2,(H,27,30)(H,28,31)/t24-/m1/s1. The van der Waals surface area contributed by atoms with E-state index in [2.05, 4.69) is 21.6 Å². The van der Waals surface area contributed by atoms with Gasteiger partial charge in [0.15, 0.2) is 0 Å². The highest BCUT2D eigenvalue weighted by atomic mass is 16.2. The summed E-state index contributed by atoms with van der Waals surface area (Å²) in [7, 11) is 0. The minimum absolute atomic E-state index is 0.138. The average molecular weight is 414 g/mol. The molecule has 5 heteroatoms. The summed E-state index contributed by atoms with van der Waals surface area (Å²) in [6.07, 6.45) is 2.56. The largest absolute Gasteiger partial charge is 0.371 e. The third-order valence-corrected chi connectivity index (χ3v) is 5.53. The Bertz CT molecular complexity index is 1020. The van der Waals surface area contributed by atoms with Crippen LogP contribution in [0.3, 0.4) is 0 Å². The molecule has 4 rings (SSSR count). The van der Waals surface area contributed by atoms with E-state index < -0.39 is 6.04 Å². The van der Waals surface area contributed by atoms with Crippen LogP contribution in [0.15, 0.2) is 84.9 Å². The molecule has 1 heterocycles. The third-order valence-electron chi connectivity index (χ3n) is 5.53. The molecule has 0 spiro atoms. The molecule has 3 aromatic carbocycles. The van der Waals surface area contributed by atoms with Crippen molar-refractivity contribution in [1.82, 2.24) is 5.32 Å². The van der Waals surface area contributed by atoms with Crippen LogP contribution in [-0.2, 0) is 4.79 Å². The number of carbonyl (C=O) groups is 2. The molecule has 0 aliphatic carbocycles. The molecule has 31 heavy (non-hydrogen) atoms. The van der Waals surface area contributed by atoms with Gasteiger partial charge in [0.2, 0.25) is 5.91 Å². The van der Waals surface area contributed by atoms with Gasteiger partial charge in [-0.3, -0.25) is 9.59 Å². The monoisotopic (exact) mass is 413 g/mol. The van der Waals surface area contributed by atoms with Crippen molar-refractivity contribution in [2.75, 3.05) is 23.3 Å². The van der Waals surface area contributed by atoms with Crippen LogP contribution in [0.2, 0.25) is 0 Å². The first-order valence-corrected chi connectivity index (χ1v) is 10.7. The Morgan fingerprint density at radius 1 is 0.839 bits per heavy atom. The lowest BCUT2D eigenvalue weighted by Gasteiger charge is -2.20. The molecule has 1 saturated heterocycles. The SMILES string of the molecule is O=C(C[C@@H](NC(=O)c1ccccc1)c1ccccc1)Nc1cccc(N2CCCC2)c1. The second-order valence-corrected chi connectivity index (χ2v) is 7.80. The van der Waals surface area contributed by atoms with Gasteiger partial charge in [0.25, 0.3) is 5.91 Å². The fraction of sp³-hybridized carbons (Fsp3) is 0.231. The van der Waals surface area contributed by atoms with Crippen LogP contribution in [0.25, 0.3) is 0 Å². The molecule has 1 aliphatic heterocycles. The molecule has 1 atom stereocenters. The Morgan fingerprint density at radius 2 is 1.52 bits per heavy atom. The van der Waals surface area contributed by atoms with E-state index >= 15 is 0 Å². The summed E-state index contributed by atoms with van der Waals surface area (Å²) in [5.74, 6) is -0.334.